The van der Waals surface area contributed by atoms with Crippen LogP contribution >= 0.6 is 23.4 Å². The zero-order valence-corrected chi connectivity index (χ0v) is 12.4. The second kappa shape index (κ2) is 7.17. The van der Waals surface area contributed by atoms with Gasteiger partial charge in [0, 0.05) is 11.3 Å². The molecule has 0 fully saturated rings. The molecule has 0 heterocycles. The molecule has 1 aromatic rings. The predicted molar refractivity (Wildman–Crippen MR) is 78.0 cm³/mol. The Hall–Kier alpha value is -1.71. The second-order valence-electron chi connectivity index (χ2n) is 4.27. The summed E-state index contributed by atoms with van der Waals surface area (Å²) in [6.07, 6.45) is 0.523. The van der Waals surface area contributed by atoms with E-state index in [0.29, 0.717) is 21.9 Å². The number of aryl methyl sites for hydroxylation is 1. The molecule has 20 heavy (non-hydrogen) atoms. The number of nitrogens with zero attached hydrogens (tertiary/aromatic N) is 1. The Morgan fingerprint density at radius 3 is 2.60 bits per heavy atom. The SMILES string of the molecule is CC(C(N)=O)c1cc(Cl)c(SC#N)cc1CCC(N)=O. The van der Waals surface area contributed by atoms with Gasteiger partial charge in [-0.05, 0) is 48.4 Å². The van der Waals surface area contributed by atoms with Gasteiger partial charge >= 0.3 is 0 Å². The molecule has 4 N–H and O–H groups in total. The minimum atomic E-state index is -0.531. The number of hydrogen-bond donors (Lipinski definition) is 2. The Balaban J connectivity index is 3.25. The molecule has 0 bridgehead atoms. The quantitative estimate of drug-likeness (QED) is 0.617. The fourth-order valence-electron chi connectivity index (χ4n) is 1.77. The molecular weight excluding hydrogens is 298 g/mol. The van der Waals surface area contributed by atoms with E-state index in [0.717, 1.165) is 17.3 Å². The van der Waals surface area contributed by atoms with Crippen LogP contribution in [0.15, 0.2) is 17.0 Å². The molecule has 0 aliphatic carbocycles. The number of nitriles is 1. The molecule has 0 aromatic heterocycles. The average molecular weight is 312 g/mol. The van der Waals surface area contributed by atoms with Crippen molar-refractivity contribution in [3.63, 3.8) is 0 Å². The Morgan fingerprint density at radius 2 is 2.10 bits per heavy atom. The summed E-state index contributed by atoms with van der Waals surface area (Å²) in [5.41, 5.74) is 11.9. The monoisotopic (exact) mass is 311 g/mol. The first-order chi connectivity index (χ1) is 9.36. The summed E-state index contributed by atoms with van der Waals surface area (Å²) in [4.78, 5) is 22.8. The van der Waals surface area contributed by atoms with E-state index in [-0.39, 0.29) is 6.42 Å². The van der Waals surface area contributed by atoms with Crippen molar-refractivity contribution in [3.8, 4) is 5.40 Å². The van der Waals surface area contributed by atoms with Crippen LogP contribution in [0.25, 0.3) is 0 Å². The van der Waals surface area contributed by atoms with Gasteiger partial charge < -0.3 is 11.5 Å². The first kappa shape index (κ1) is 16.3. The normalized spacial score (nSPS) is 11.7. The van der Waals surface area contributed by atoms with Crippen LogP contribution in [0.4, 0.5) is 0 Å². The van der Waals surface area contributed by atoms with Crippen LogP contribution in [-0.4, -0.2) is 11.8 Å². The highest BCUT2D eigenvalue weighted by molar-refractivity contribution is 8.03. The van der Waals surface area contributed by atoms with E-state index in [2.05, 4.69) is 0 Å². The van der Waals surface area contributed by atoms with Crippen molar-refractivity contribution in [2.45, 2.75) is 30.6 Å². The van der Waals surface area contributed by atoms with Gasteiger partial charge in [-0.2, -0.15) is 5.26 Å². The molecule has 1 atom stereocenters. The van der Waals surface area contributed by atoms with E-state index < -0.39 is 17.7 Å². The highest BCUT2D eigenvalue weighted by Gasteiger charge is 2.18. The molecule has 1 rings (SSSR count). The third kappa shape index (κ3) is 4.15. The predicted octanol–water partition coefficient (Wildman–Crippen LogP) is 1.92. The zero-order chi connectivity index (χ0) is 15.3. The number of rotatable bonds is 6. The lowest BCUT2D eigenvalue weighted by molar-refractivity contribution is -0.119. The van der Waals surface area contributed by atoms with Gasteiger partial charge in [-0.15, -0.1) is 0 Å². The number of hydrogen-bond acceptors (Lipinski definition) is 4. The third-order valence-corrected chi connectivity index (χ3v) is 3.96. The van der Waals surface area contributed by atoms with E-state index in [1.807, 2.05) is 5.40 Å². The molecule has 0 radical (unpaired) electrons. The lowest BCUT2D eigenvalue weighted by Crippen LogP contribution is -2.20. The average Bonchev–Trinajstić information content (AvgIpc) is 2.38. The number of halogens is 1. The molecule has 0 saturated carbocycles. The zero-order valence-electron chi connectivity index (χ0n) is 10.9. The maximum atomic E-state index is 11.3. The minimum absolute atomic E-state index is 0.150. The molecular formula is C13H14ClN3O2S. The topological polar surface area (TPSA) is 110 Å². The van der Waals surface area contributed by atoms with Gasteiger partial charge in [0.2, 0.25) is 11.8 Å². The fourth-order valence-corrected chi connectivity index (χ4v) is 2.51. The summed E-state index contributed by atoms with van der Waals surface area (Å²) in [7, 11) is 0. The Bertz CT molecular complexity index is 584. The third-order valence-electron chi connectivity index (χ3n) is 2.88. The first-order valence-corrected chi connectivity index (χ1v) is 7.02. The summed E-state index contributed by atoms with van der Waals surface area (Å²) in [5, 5.41) is 11.0. The Morgan fingerprint density at radius 1 is 1.45 bits per heavy atom. The van der Waals surface area contributed by atoms with Crippen molar-refractivity contribution in [2.75, 3.05) is 0 Å². The molecule has 0 aliphatic rings. The summed E-state index contributed by atoms with van der Waals surface area (Å²) >= 11 is 7.00. The van der Waals surface area contributed by atoms with E-state index in [9.17, 15) is 9.59 Å². The van der Waals surface area contributed by atoms with Crippen LogP contribution in [-0.2, 0) is 16.0 Å². The summed E-state index contributed by atoms with van der Waals surface area (Å²) in [5.74, 6) is -1.45. The van der Waals surface area contributed by atoms with Crippen molar-refractivity contribution in [3.05, 3.63) is 28.3 Å². The number of primary amides is 2. The molecule has 106 valence electrons. The van der Waals surface area contributed by atoms with Gasteiger partial charge in [-0.25, -0.2) is 0 Å². The smallest absolute Gasteiger partial charge is 0.224 e. The van der Waals surface area contributed by atoms with Gasteiger partial charge in [0.1, 0.15) is 5.40 Å². The number of thioether (sulfide) groups is 1. The van der Waals surface area contributed by atoms with Crippen LogP contribution in [0.3, 0.4) is 0 Å². The van der Waals surface area contributed by atoms with E-state index in [4.69, 9.17) is 28.3 Å². The van der Waals surface area contributed by atoms with Gasteiger partial charge in [-0.3, -0.25) is 9.59 Å². The largest absolute Gasteiger partial charge is 0.370 e. The number of benzene rings is 1. The Labute approximate surface area is 126 Å². The van der Waals surface area contributed by atoms with Crippen molar-refractivity contribution in [1.29, 1.82) is 5.26 Å². The maximum absolute atomic E-state index is 11.3. The van der Waals surface area contributed by atoms with E-state index in [1.165, 1.54) is 0 Å². The fraction of sp³-hybridized carbons (Fsp3) is 0.308. The summed E-state index contributed by atoms with van der Waals surface area (Å²) in [6.45, 7) is 1.67. The number of carbonyl (C=O) groups is 2. The molecule has 1 unspecified atom stereocenters. The van der Waals surface area contributed by atoms with Gasteiger partial charge in [0.05, 0.1) is 10.9 Å². The highest BCUT2D eigenvalue weighted by Crippen LogP contribution is 2.33. The van der Waals surface area contributed by atoms with Gasteiger partial charge in [0.15, 0.2) is 0 Å². The minimum Gasteiger partial charge on any atom is -0.370 e. The second-order valence-corrected chi connectivity index (χ2v) is 5.50. The van der Waals surface area contributed by atoms with Crippen molar-refractivity contribution in [2.24, 2.45) is 11.5 Å². The van der Waals surface area contributed by atoms with Crippen LogP contribution in [0.5, 0.6) is 0 Å². The lowest BCUT2D eigenvalue weighted by atomic mass is 9.92. The van der Waals surface area contributed by atoms with Crippen molar-refractivity contribution < 1.29 is 9.59 Å². The number of nitrogens with two attached hydrogens (primary N) is 2. The first-order valence-electron chi connectivity index (χ1n) is 5.82. The van der Waals surface area contributed by atoms with Crippen LogP contribution in [0.1, 0.15) is 30.4 Å². The molecule has 1 aromatic carbocycles. The van der Waals surface area contributed by atoms with Crippen LogP contribution in [0, 0.1) is 10.7 Å². The van der Waals surface area contributed by atoms with E-state index in [1.54, 1.807) is 19.1 Å². The molecule has 0 spiro atoms. The lowest BCUT2D eigenvalue weighted by Gasteiger charge is -2.15. The van der Waals surface area contributed by atoms with Crippen LogP contribution in [0.2, 0.25) is 5.02 Å². The van der Waals surface area contributed by atoms with Crippen molar-refractivity contribution >= 4 is 35.2 Å². The summed E-state index contributed by atoms with van der Waals surface area (Å²) in [6, 6.07) is 3.32. The van der Waals surface area contributed by atoms with Crippen LogP contribution < -0.4 is 11.5 Å². The molecule has 7 heteroatoms. The number of carbonyl (C=O) groups excluding carboxylic acids is 2. The van der Waals surface area contributed by atoms with Crippen molar-refractivity contribution in [1.82, 2.24) is 0 Å². The molecule has 0 aliphatic heterocycles. The number of amides is 2. The maximum Gasteiger partial charge on any atom is 0.224 e. The summed E-state index contributed by atoms with van der Waals surface area (Å²) < 4.78 is 0. The van der Waals surface area contributed by atoms with Gasteiger partial charge in [-0.1, -0.05) is 11.6 Å². The number of thiocyanates is 1. The molecule has 0 saturated heterocycles. The van der Waals surface area contributed by atoms with E-state index >= 15 is 0 Å². The molecule has 2 amide bonds. The molecule has 5 nitrogen and oxygen atoms in total. The standard InChI is InChI=1S/C13H14ClN3O2S/c1-7(13(17)19)9-5-10(14)11(20-6-15)4-8(9)2-3-12(16)18/h4-5,7H,2-3H2,1H3,(H2,16,18)(H2,17,19). The highest BCUT2D eigenvalue weighted by atomic mass is 35.5. The van der Waals surface area contributed by atoms with Gasteiger partial charge in [0.25, 0.3) is 0 Å². The Kier molecular flexibility index (Phi) is 5.86.